The van der Waals surface area contributed by atoms with Gasteiger partial charge in [-0.05, 0) is 44.1 Å². The van der Waals surface area contributed by atoms with Gasteiger partial charge in [0.2, 0.25) is 0 Å². The number of rotatable bonds is 7. The number of hydrogen-bond donors (Lipinski definition) is 1. The van der Waals surface area contributed by atoms with Gasteiger partial charge in [-0.3, -0.25) is 4.90 Å². The molecule has 0 saturated carbocycles. The van der Waals surface area contributed by atoms with Crippen molar-refractivity contribution < 1.29 is 4.74 Å². The summed E-state index contributed by atoms with van der Waals surface area (Å²) in [5, 5.41) is 0. The summed E-state index contributed by atoms with van der Waals surface area (Å²) in [5.41, 5.74) is 5.72. The van der Waals surface area contributed by atoms with Crippen LogP contribution in [0.2, 0.25) is 0 Å². The molecule has 0 aromatic heterocycles. The van der Waals surface area contributed by atoms with Crippen molar-refractivity contribution in [3.05, 3.63) is 30.3 Å². The number of nitrogens with zero attached hydrogens (tertiary/aromatic N) is 2. The lowest BCUT2D eigenvalue weighted by Crippen LogP contribution is -2.36. The Labute approximate surface area is 128 Å². The van der Waals surface area contributed by atoms with Crippen molar-refractivity contribution in [2.45, 2.75) is 13.3 Å². The molecular weight excluding hydrogens is 262 g/mol. The third kappa shape index (κ3) is 6.04. The minimum Gasteiger partial charge on any atom is -0.492 e. The Hall–Kier alpha value is -1.10. The molecule has 0 bridgehead atoms. The number of para-hydroxylation sites is 1. The van der Waals surface area contributed by atoms with Crippen molar-refractivity contribution in [2.24, 2.45) is 11.7 Å². The molecule has 0 aliphatic carbocycles. The third-order valence-corrected chi connectivity index (χ3v) is 4.07. The van der Waals surface area contributed by atoms with Gasteiger partial charge in [-0.15, -0.1) is 0 Å². The summed E-state index contributed by atoms with van der Waals surface area (Å²) in [7, 11) is 0. The van der Waals surface area contributed by atoms with Crippen molar-refractivity contribution >= 4 is 0 Å². The second-order valence-corrected chi connectivity index (χ2v) is 6.00. The van der Waals surface area contributed by atoms with Gasteiger partial charge >= 0.3 is 0 Å². The van der Waals surface area contributed by atoms with E-state index in [0.717, 1.165) is 45.1 Å². The Balaban J connectivity index is 1.66. The molecule has 1 aromatic carbocycles. The molecule has 1 aromatic rings. The highest BCUT2D eigenvalue weighted by Gasteiger charge is 2.16. The molecule has 4 nitrogen and oxygen atoms in total. The Kier molecular flexibility index (Phi) is 7.00. The zero-order valence-corrected chi connectivity index (χ0v) is 13.2. The topological polar surface area (TPSA) is 41.7 Å². The van der Waals surface area contributed by atoms with Crippen LogP contribution in [0.1, 0.15) is 13.3 Å². The first-order valence-electron chi connectivity index (χ1n) is 8.10. The number of nitrogens with two attached hydrogens (primary N) is 1. The van der Waals surface area contributed by atoms with Crippen molar-refractivity contribution in [1.29, 1.82) is 0 Å². The highest BCUT2D eigenvalue weighted by molar-refractivity contribution is 5.20. The summed E-state index contributed by atoms with van der Waals surface area (Å²) in [5.74, 6) is 1.56. The van der Waals surface area contributed by atoms with E-state index in [9.17, 15) is 0 Å². The van der Waals surface area contributed by atoms with Crippen molar-refractivity contribution in [3.8, 4) is 5.75 Å². The predicted molar refractivity (Wildman–Crippen MR) is 87.7 cm³/mol. The Bertz CT molecular complexity index is 385. The maximum Gasteiger partial charge on any atom is 0.119 e. The van der Waals surface area contributed by atoms with E-state index < -0.39 is 0 Å². The molecule has 4 heteroatoms. The highest BCUT2D eigenvalue weighted by atomic mass is 16.5. The van der Waals surface area contributed by atoms with Crippen LogP contribution in [0.3, 0.4) is 0 Å². The molecule has 1 atom stereocenters. The van der Waals surface area contributed by atoms with E-state index in [1.165, 1.54) is 19.5 Å². The van der Waals surface area contributed by atoms with Crippen LogP contribution in [0.5, 0.6) is 5.75 Å². The molecule has 0 spiro atoms. The average Bonchev–Trinajstić information content (AvgIpc) is 2.74. The number of hydrogen-bond acceptors (Lipinski definition) is 4. The van der Waals surface area contributed by atoms with E-state index in [4.69, 9.17) is 10.5 Å². The predicted octanol–water partition coefficient (Wildman–Crippen LogP) is 1.67. The minimum absolute atomic E-state index is 0.595. The molecule has 0 amide bonds. The van der Waals surface area contributed by atoms with Gasteiger partial charge in [0.1, 0.15) is 12.4 Å². The lowest BCUT2D eigenvalue weighted by atomic mass is 10.1. The summed E-state index contributed by atoms with van der Waals surface area (Å²) in [4.78, 5) is 5.06. The Morgan fingerprint density at radius 1 is 1.10 bits per heavy atom. The van der Waals surface area contributed by atoms with Crippen molar-refractivity contribution in [1.82, 2.24) is 9.80 Å². The third-order valence-electron chi connectivity index (χ3n) is 4.07. The fraction of sp³-hybridized carbons (Fsp3) is 0.647. The van der Waals surface area contributed by atoms with Gasteiger partial charge in [-0.25, -0.2) is 0 Å². The average molecular weight is 291 g/mol. The van der Waals surface area contributed by atoms with Crippen LogP contribution in [0, 0.1) is 5.92 Å². The molecule has 1 aliphatic rings. The fourth-order valence-electron chi connectivity index (χ4n) is 2.76. The van der Waals surface area contributed by atoms with Gasteiger partial charge in [-0.1, -0.05) is 25.1 Å². The number of ether oxygens (including phenoxy) is 1. The van der Waals surface area contributed by atoms with E-state index in [1.807, 2.05) is 30.3 Å². The van der Waals surface area contributed by atoms with Crippen LogP contribution < -0.4 is 10.5 Å². The molecule has 0 radical (unpaired) electrons. The van der Waals surface area contributed by atoms with Gasteiger partial charge in [0, 0.05) is 26.2 Å². The van der Waals surface area contributed by atoms with Crippen LogP contribution >= 0.6 is 0 Å². The van der Waals surface area contributed by atoms with Crippen LogP contribution in [0.15, 0.2) is 30.3 Å². The summed E-state index contributed by atoms with van der Waals surface area (Å²) >= 11 is 0. The van der Waals surface area contributed by atoms with E-state index in [0.29, 0.717) is 5.92 Å². The van der Waals surface area contributed by atoms with Gasteiger partial charge in [0.05, 0.1) is 0 Å². The molecule has 2 rings (SSSR count). The molecular formula is C17H29N3O. The molecule has 2 N–H and O–H groups in total. The monoisotopic (exact) mass is 291 g/mol. The van der Waals surface area contributed by atoms with Gasteiger partial charge < -0.3 is 15.4 Å². The Morgan fingerprint density at radius 2 is 1.81 bits per heavy atom. The second-order valence-electron chi connectivity index (χ2n) is 6.00. The summed E-state index contributed by atoms with van der Waals surface area (Å²) in [6.45, 7) is 10.6. The molecule has 1 heterocycles. The fourth-order valence-corrected chi connectivity index (χ4v) is 2.76. The zero-order valence-electron chi connectivity index (χ0n) is 13.2. The van der Waals surface area contributed by atoms with Crippen LogP contribution in [-0.2, 0) is 0 Å². The maximum atomic E-state index is 5.79. The zero-order chi connectivity index (χ0) is 14.9. The van der Waals surface area contributed by atoms with E-state index in [2.05, 4.69) is 16.7 Å². The summed E-state index contributed by atoms with van der Waals surface area (Å²) in [6.07, 6.45) is 1.24. The van der Waals surface area contributed by atoms with Crippen LogP contribution in [0.4, 0.5) is 0 Å². The molecule has 118 valence electrons. The van der Waals surface area contributed by atoms with Crippen LogP contribution in [0.25, 0.3) is 0 Å². The molecule has 1 fully saturated rings. The SMILES string of the molecule is CC(CN)CN1CCCN(CCOc2ccccc2)CC1. The highest BCUT2D eigenvalue weighted by Crippen LogP contribution is 2.09. The lowest BCUT2D eigenvalue weighted by molar-refractivity contribution is 0.204. The molecule has 21 heavy (non-hydrogen) atoms. The second kappa shape index (κ2) is 9.03. The molecule has 1 unspecified atom stereocenters. The van der Waals surface area contributed by atoms with Crippen molar-refractivity contribution in [2.75, 3.05) is 52.4 Å². The van der Waals surface area contributed by atoms with Gasteiger partial charge in [0.15, 0.2) is 0 Å². The number of benzene rings is 1. The largest absolute Gasteiger partial charge is 0.492 e. The Morgan fingerprint density at radius 3 is 2.57 bits per heavy atom. The van der Waals surface area contributed by atoms with E-state index in [1.54, 1.807) is 0 Å². The normalized spacial score (nSPS) is 19.1. The van der Waals surface area contributed by atoms with Gasteiger partial charge in [0.25, 0.3) is 0 Å². The standard InChI is InChI=1S/C17H29N3O/c1-16(14-18)15-20-9-5-8-19(10-11-20)12-13-21-17-6-3-2-4-7-17/h2-4,6-7,16H,5,8-15,18H2,1H3. The summed E-state index contributed by atoms with van der Waals surface area (Å²) in [6, 6.07) is 10.1. The van der Waals surface area contributed by atoms with Crippen molar-refractivity contribution in [3.63, 3.8) is 0 Å². The van der Waals surface area contributed by atoms with Gasteiger partial charge in [-0.2, -0.15) is 0 Å². The molecule has 1 saturated heterocycles. The van der Waals surface area contributed by atoms with Crippen LogP contribution in [-0.4, -0.2) is 62.2 Å². The first kappa shape index (κ1) is 16.3. The van der Waals surface area contributed by atoms with E-state index in [-0.39, 0.29) is 0 Å². The summed E-state index contributed by atoms with van der Waals surface area (Å²) < 4.78 is 5.79. The quantitative estimate of drug-likeness (QED) is 0.830. The molecule has 1 aliphatic heterocycles. The minimum atomic E-state index is 0.595. The lowest BCUT2D eigenvalue weighted by Gasteiger charge is -2.24. The van der Waals surface area contributed by atoms with E-state index >= 15 is 0 Å². The first-order chi connectivity index (χ1) is 10.3. The maximum absolute atomic E-state index is 5.79. The smallest absolute Gasteiger partial charge is 0.119 e. The first-order valence-corrected chi connectivity index (χ1v) is 8.10.